The molecule has 0 aliphatic heterocycles. The number of carbonyl (C=O) groups is 2. The molecule has 2 N–H and O–H groups in total. The average molecular weight is 660 g/mol. The number of carbonyl (C=O) groups excluding carboxylic acids is 2. The summed E-state index contributed by atoms with van der Waals surface area (Å²) in [6.07, 6.45) is 1.79. The van der Waals surface area contributed by atoms with E-state index in [1.807, 2.05) is 50.2 Å². The van der Waals surface area contributed by atoms with Gasteiger partial charge in [0.05, 0.1) is 22.2 Å². The van der Waals surface area contributed by atoms with Crippen molar-refractivity contribution in [1.82, 2.24) is 0 Å². The summed E-state index contributed by atoms with van der Waals surface area (Å²) in [5, 5.41) is 6.74. The third kappa shape index (κ3) is 6.77. The van der Waals surface area contributed by atoms with Crippen LogP contribution in [0.5, 0.6) is 0 Å². The number of rotatable bonds is 7. The van der Waals surface area contributed by atoms with Crippen molar-refractivity contribution in [2.75, 3.05) is 10.6 Å². The van der Waals surface area contributed by atoms with Crippen LogP contribution in [0, 0.1) is 19.8 Å². The molecule has 0 saturated heterocycles. The van der Waals surface area contributed by atoms with Crippen LogP contribution in [0.1, 0.15) is 38.5 Å². The Hall–Kier alpha value is -3.06. The standard InChI is InChI=1S/C32H24Cl5N3O2/c1-17-3-5-19(6-4-17)16-38-23-8-10-27(18(2)11-23)40-30(41)25-15-24(7-9-26(25)35)39-31(42)29-28(32(29,36)37)20-12-21(33)14-22(34)13-20/h3-16,28-29H,1-2H3,(H,39,42)(H,40,41). The van der Waals surface area contributed by atoms with Crippen molar-refractivity contribution in [3.05, 3.63) is 122 Å². The zero-order valence-corrected chi connectivity index (χ0v) is 26.2. The first-order valence-corrected chi connectivity index (χ1v) is 14.8. The van der Waals surface area contributed by atoms with Gasteiger partial charge in [-0.1, -0.05) is 64.6 Å². The van der Waals surface area contributed by atoms with Gasteiger partial charge in [0.15, 0.2) is 0 Å². The van der Waals surface area contributed by atoms with Gasteiger partial charge in [-0.2, -0.15) is 0 Å². The van der Waals surface area contributed by atoms with E-state index >= 15 is 0 Å². The molecule has 214 valence electrons. The number of anilines is 2. The lowest BCUT2D eigenvalue weighted by molar-refractivity contribution is -0.117. The minimum Gasteiger partial charge on any atom is -0.326 e. The van der Waals surface area contributed by atoms with Crippen molar-refractivity contribution in [3.8, 4) is 0 Å². The number of hydrogen-bond acceptors (Lipinski definition) is 3. The Bertz CT molecular complexity index is 1700. The molecular weight excluding hydrogens is 636 g/mol. The van der Waals surface area contributed by atoms with Crippen LogP contribution in [-0.4, -0.2) is 22.4 Å². The summed E-state index contributed by atoms with van der Waals surface area (Å²) in [6.45, 7) is 3.91. The van der Waals surface area contributed by atoms with E-state index < -0.39 is 28.0 Å². The molecule has 4 aromatic rings. The summed E-state index contributed by atoms with van der Waals surface area (Å²) in [7, 11) is 0. The van der Waals surface area contributed by atoms with Crippen LogP contribution in [-0.2, 0) is 4.79 Å². The number of aliphatic imine (C=N–C) groups is 1. The third-order valence-electron chi connectivity index (χ3n) is 6.96. The lowest BCUT2D eigenvalue weighted by atomic mass is 10.1. The highest BCUT2D eigenvalue weighted by atomic mass is 35.5. The third-order valence-corrected chi connectivity index (χ3v) is 8.66. The zero-order chi connectivity index (χ0) is 30.2. The van der Waals surface area contributed by atoms with Crippen molar-refractivity contribution < 1.29 is 9.59 Å². The van der Waals surface area contributed by atoms with E-state index in [2.05, 4.69) is 15.6 Å². The monoisotopic (exact) mass is 657 g/mol. The van der Waals surface area contributed by atoms with E-state index in [-0.39, 0.29) is 10.6 Å². The van der Waals surface area contributed by atoms with E-state index in [1.54, 1.807) is 36.5 Å². The fourth-order valence-corrected chi connectivity index (χ4v) is 6.25. The molecule has 2 atom stereocenters. The number of alkyl halides is 2. The minimum atomic E-state index is -1.33. The van der Waals surface area contributed by atoms with Crippen molar-refractivity contribution in [3.63, 3.8) is 0 Å². The van der Waals surface area contributed by atoms with Crippen molar-refractivity contribution >= 4 is 93.1 Å². The number of nitrogens with one attached hydrogen (secondary N) is 2. The maximum atomic E-state index is 13.2. The summed E-state index contributed by atoms with van der Waals surface area (Å²) in [4.78, 5) is 30.9. The average Bonchev–Trinajstić information content (AvgIpc) is 3.52. The van der Waals surface area contributed by atoms with Crippen LogP contribution in [0.3, 0.4) is 0 Å². The number of benzene rings is 4. The van der Waals surface area contributed by atoms with Gasteiger partial charge in [0.2, 0.25) is 5.91 Å². The summed E-state index contributed by atoms with van der Waals surface area (Å²) < 4.78 is -1.33. The number of amides is 2. The van der Waals surface area contributed by atoms with E-state index in [1.165, 1.54) is 17.7 Å². The molecule has 10 heteroatoms. The van der Waals surface area contributed by atoms with E-state index in [0.29, 0.717) is 27.0 Å². The fraction of sp³-hybridized carbons (Fsp3) is 0.156. The van der Waals surface area contributed by atoms with Crippen LogP contribution >= 0.6 is 58.0 Å². The second-order valence-electron chi connectivity index (χ2n) is 10.1. The lowest BCUT2D eigenvalue weighted by Crippen LogP contribution is -2.18. The van der Waals surface area contributed by atoms with Crippen LogP contribution in [0.25, 0.3) is 0 Å². The molecule has 2 unspecified atom stereocenters. The Morgan fingerprint density at radius 2 is 1.52 bits per heavy atom. The molecule has 0 spiro atoms. The predicted molar refractivity (Wildman–Crippen MR) is 175 cm³/mol. The van der Waals surface area contributed by atoms with E-state index in [0.717, 1.165) is 16.8 Å². The summed E-state index contributed by atoms with van der Waals surface area (Å²) in [5.74, 6) is -2.10. The highest BCUT2D eigenvalue weighted by Gasteiger charge is 2.67. The van der Waals surface area contributed by atoms with Gasteiger partial charge in [-0.3, -0.25) is 14.6 Å². The Morgan fingerprint density at radius 3 is 2.19 bits per heavy atom. The summed E-state index contributed by atoms with van der Waals surface area (Å²) in [5.41, 5.74) is 5.57. The van der Waals surface area contributed by atoms with Crippen molar-refractivity contribution in [1.29, 1.82) is 0 Å². The van der Waals surface area contributed by atoms with E-state index in [9.17, 15) is 9.59 Å². The molecular formula is C32H24Cl5N3O2. The first-order chi connectivity index (χ1) is 19.9. The van der Waals surface area contributed by atoms with Gasteiger partial charge >= 0.3 is 0 Å². The largest absolute Gasteiger partial charge is 0.326 e. The van der Waals surface area contributed by atoms with Crippen LogP contribution in [0.15, 0.2) is 83.9 Å². The minimum absolute atomic E-state index is 0.187. The molecule has 42 heavy (non-hydrogen) atoms. The molecule has 5 nitrogen and oxygen atoms in total. The van der Waals surface area contributed by atoms with Gasteiger partial charge in [0.25, 0.3) is 5.91 Å². The second-order valence-corrected chi connectivity index (χ2v) is 12.9. The van der Waals surface area contributed by atoms with Gasteiger partial charge in [0.1, 0.15) is 4.33 Å². The maximum absolute atomic E-state index is 13.2. The first-order valence-electron chi connectivity index (χ1n) is 12.9. The van der Waals surface area contributed by atoms with Crippen molar-refractivity contribution in [2.24, 2.45) is 10.9 Å². The molecule has 0 radical (unpaired) electrons. The van der Waals surface area contributed by atoms with Gasteiger partial charge in [-0.15, -0.1) is 23.2 Å². The predicted octanol–water partition coefficient (Wildman–Crippen LogP) is 9.79. The Labute approximate surface area is 268 Å². The number of nitrogens with zero attached hydrogens (tertiary/aromatic N) is 1. The van der Waals surface area contributed by atoms with Crippen LogP contribution in [0.4, 0.5) is 17.1 Å². The number of hydrogen-bond donors (Lipinski definition) is 2. The molecule has 0 bridgehead atoms. The molecule has 0 aromatic heterocycles. The molecule has 1 aliphatic rings. The Kier molecular flexibility index (Phi) is 8.89. The summed E-state index contributed by atoms with van der Waals surface area (Å²) >= 11 is 31.6. The molecule has 5 rings (SSSR count). The molecule has 1 aliphatic carbocycles. The van der Waals surface area contributed by atoms with Crippen molar-refractivity contribution in [2.45, 2.75) is 24.1 Å². The van der Waals surface area contributed by atoms with Crippen LogP contribution in [0.2, 0.25) is 15.1 Å². The Morgan fingerprint density at radius 1 is 0.833 bits per heavy atom. The van der Waals surface area contributed by atoms with Gasteiger partial charge < -0.3 is 10.6 Å². The number of halogens is 5. The molecule has 0 heterocycles. The molecule has 2 amide bonds. The normalized spacial score (nSPS) is 17.2. The zero-order valence-electron chi connectivity index (χ0n) is 22.4. The smallest absolute Gasteiger partial charge is 0.257 e. The van der Waals surface area contributed by atoms with Gasteiger partial charge in [-0.25, -0.2) is 0 Å². The SMILES string of the molecule is Cc1ccc(C=Nc2ccc(NC(=O)c3cc(NC(=O)C4C(c5cc(Cl)cc(Cl)c5)C4(Cl)Cl)ccc3Cl)c(C)c2)cc1. The topological polar surface area (TPSA) is 70.6 Å². The quantitative estimate of drug-likeness (QED) is 0.153. The lowest BCUT2D eigenvalue weighted by Gasteiger charge is -2.12. The molecule has 1 saturated carbocycles. The highest BCUT2D eigenvalue weighted by molar-refractivity contribution is 6.53. The Balaban J connectivity index is 1.27. The van der Waals surface area contributed by atoms with E-state index in [4.69, 9.17) is 58.0 Å². The second kappa shape index (κ2) is 12.3. The molecule has 4 aromatic carbocycles. The highest BCUT2D eigenvalue weighted by Crippen LogP contribution is 2.65. The van der Waals surface area contributed by atoms with Gasteiger partial charge in [-0.05, 0) is 85.1 Å². The number of aryl methyl sites for hydroxylation is 2. The maximum Gasteiger partial charge on any atom is 0.257 e. The van der Waals surface area contributed by atoms with Gasteiger partial charge in [0, 0.05) is 33.6 Å². The summed E-state index contributed by atoms with van der Waals surface area (Å²) in [6, 6.07) is 23.1. The fourth-order valence-electron chi connectivity index (χ4n) is 4.68. The van der Waals surface area contributed by atoms with Crippen LogP contribution < -0.4 is 10.6 Å². The first kappa shape index (κ1) is 30.4. The molecule has 1 fully saturated rings.